The van der Waals surface area contributed by atoms with E-state index in [1.54, 1.807) is 4.57 Å². The third kappa shape index (κ3) is 4.73. The zero-order valence-corrected chi connectivity index (χ0v) is 24.1. The van der Waals surface area contributed by atoms with Crippen LogP contribution in [0.1, 0.15) is 65.9 Å². The van der Waals surface area contributed by atoms with Crippen molar-refractivity contribution in [3.05, 3.63) is 40.1 Å². The Balaban J connectivity index is 1.46. The molecule has 3 atom stereocenters. The molecule has 208 valence electrons. The van der Waals surface area contributed by atoms with Crippen molar-refractivity contribution in [3.63, 3.8) is 0 Å². The van der Waals surface area contributed by atoms with Gasteiger partial charge in [0.1, 0.15) is 29.2 Å². The molecule has 0 radical (unpaired) electrons. The number of piperazine rings is 1. The van der Waals surface area contributed by atoms with Crippen LogP contribution >= 0.6 is 0 Å². The molecule has 2 aliphatic rings. The lowest BCUT2D eigenvalue weighted by Crippen LogP contribution is -2.57. The number of hydrogen-bond acceptors (Lipinski definition) is 8. The summed E-state index contributed by atoms with van der Waals surface area (Å²) < 4.78 is 15.8. The van der Waals surface area contributed by atoms with Gasteiger partial charge in [-0.3, -0.25) is 9.47 Å². The highest BCUT2D eigenvalue weighted by atomic mass is 16.6. The fourth-order valence-electron chi connectivity index (χ4n) is 5.97. The first kappa shape index (κ1) is 27.0. The Morgan fingerprint density at radius 2 is 1.85 bits per heavy atom. The van der Waals surface area contributed by atoms with Crippen LogP contribution in [0.15, 0.2) is 23.0 Å². The van der Waals surface area contributed by atoms with Crippen LogP contribution in [0.25, 0.3) is 11.2 Å². The van der Waals surface area contributed by atoms with Gasteiger partial charge in [0.25, 0.3) is 0 Å². The third-order valence-electron chi connectivity index (χ3n) is 8.00. The van der Waals surface area contributed by atoms with Gasteiger partial charge in [-0.1, -0.05) is 6.07 Å². The highest BCUT2D eigenvalue weighted by Crippen LogP contribution is 2.39. The zero-order valence-electron chi connectivity index (χ0n) is 24.1. The Morgan fingerprint density at radius 3 is 2.54 bits per heavy atom. The molecule has 0 aliphatic carbocycles. The quantitative estimate of drug-likeness (QED) is 0.470. The van der Waals surface area contributed by atoms with Crippen LogP contribution in [0.4, 0.5) is 5.82 Å². The average Bonchev–Trinajstić information content (AvgIpc) is 3.26. The maximum atomic E-state index is 13.2. The fourth-order valence-corrected chi connectivity index (χ4v) is 5.97. The molecule has 0 bridgehead atoms. The van der Waals surface area contributed by atoms with E-state index in [1.165, 1.54) is 5.56 Å². The van der Waals surface area contributed by atoms with Crippen LogP contribution in [0.3, 0.4) is 0 Å². The number of imidazole rings is 1. The normalized spacial score (nSPS) is 21.6. The summed E-state index contributed by atoms with van der Waals surface area (Å²) in [5, 5.41) is 9.39. The van der Waals surface area contributed by atoms with Crippen molar-refractivity contribution in [2.24, 2.45) is 0 Å². The molecule has 0 N–H and O–H groups in total. The van der Waals surface area contributed by atoms with Crippen molar-refractivity contribution >= 4 is 17.0 Å². The Morgan fingerprint density at radius 1 is 1.10 bits per heavy atom. The summed E-state index contributed by atoms with van der Waals surface area (Å²) in [5.74, 6) is 2.85. The van der Waals surface area contributed by atoms with Crippen LogP contribution in [-0.4, -0.2) is 61.4 Å². The van der Waals surface area contributed by atoms with E-state index in [0.717, 1.165) is 23.7 Å². The molecule has 2 aromatic heterocycles. The van der Waals surface area contributed by atoms with Crippen molar-refractivity contribution in [3.8, 4) is 17.6 Å². The Hall–Kier alpha value is -3.58. The van der Waals surface area contributed by atoms with Gasteiger partial charge >= 0.3 is 5.69 Å². The fraction of sp³-hybridized carbons (Fsp3) is 0.586. The number of anilines is 1. The molecule has 1 fully saturated rings. The Kier molecular flexibility index (Phi) is 7.06. The molecule has 4 heterocycles. The van der Waals surface area contributed by atoms with Crippen molar-refractivity contribution in [2.75, 3.05) is 24.6 Å². The van der Waals surface area contributed by atoms with Gasteiger partial charge < -0.3 is 18.9 Å². The van der Waals surface area contributed by atoms with Crippen LogP contribution in [0, 0.1) is 11.3 Å². The van der Waals surface area contributed by atoms with Gasteiger partial charge in [-0.05, 0) is 66.2 Å². The van der Waals surface area contributed by atoms with E-state index in [9.17, 15) is 10.1 Å². The molecular formula is C29H39N7O3. The molecule has 0 spiro atoms. The minimum atomic E-state index is -0.357. The minimum absolute atomic E-state index is 0.0959. The monoisotopic (exact) mass is 533 g/mol. The van der Waals surface area contributed by atoms with E-state index in [2.05, 4.69) is 53.8 Å². The minimum Gasteiger partial charge on any atom is -0.486 e. The average molecular weight is 534 g/mol. The second-order valence-corrected chi connectivity index (χ2v) is 11.3. The van der Waals surface area contributed by atoms with Gasteiger partial charge in [-0.2, -0.15) is 10.2 Å². The standard InChI is InChI=1S/C29H39N7O3/c1-8-33-24(12-13-30)31-25-26(32-28(37)34(9-2)27(25)33)36-16-18(3)35(15-19(36)4)20(5)21-10-11-22-23(14-21)39-29(6,7)17-38-22/h10-11,14,18-20H,8-9,12,15-17H2,1-7H3/t18-,19+,20?/m1/s1. The summed E-state index contributed by atoms with van der Waals surface area (Å²) in [4.78, 5) is 27.3. The molecular weight excluding hydrogens is 494 g/mol. The third-order valence-corrected chi connectivity index (χ3v) is 8.00. The Bertz CT molecular complexity index is 1480. The lowest BCUT2D eigenvalue weighted by Gasteiger charge is -2.47. The lowest BCUT2D eigenvalue weighted by atomic mass is 10.00. The first-order chi connectivity index (χ1) is 18.6. The molecule has 0 saturated carbocycles. The van der Waals surface area contributed by atoms with E-state index in [4.69, 9.17) is 14.5 Å². The van der Waals surface area contributed by atoms with E-state index in [1.807, 2.05) is 38.3 Å². The van der Waals surface area contributed by atoms with E-state index < -0.39 is 0 Å². The molecule has 0 amide bonds. The van der Waals surface area contributed by atoms with Crippen LogP contribution in [0.2, 0.25) is 0 Å². The molecule has 39 heavy (non-hydrogen) atoms. The Labute approximate surface area is 229 Å². The number of rotatable bonds is 6. The predicted molar refractivity (Wildman–Crippen MR) is 150 cm³/mol. The van der Waals surface area contributed by atoms with E-state index in [0.29, 0.717) is 43.4 Å². The maximum absolute atomic E-state index is 13.2. The molecule has 1 aromatic carbocycles. The summed E-state index contributed by atoms with van der Waals surface area (Å²) >= 11 is 0. The molecule has 10 nitrogen and oxygen atoms in total. The summed E-state index contributed by atoms with van der Waals surface area (Å²) in [6, 6.07) is 8.90. The number of nitriles is 1. The molecule has 1 unspecified atom stereocenters. The molecule has 10 heteroatoms. The molecule has 2 aliphatic heterocycles. The van der Waals surface area contributed by atoms with Crippen LogP contribution in [-0.2, 0) is 19.5 Å². The predicted octanol–water partition coefficient (Wildman–Crippen LogP) is 3.91. The largest absolute Gasteiger partial charge is 0.486 e. The van der Waals surface area contributed by atoms with E-state index >= 15 is 0 Å². The van der Waals surface area contributed by atoms with Gasteiger partial charge in [-0.25, -0.2) is 9.78 Å². The highest BCUT2D eigenvalue weighted by molar-refractivity contribution is 5.85. The van der Waals surface area contributed by atoms with Crippen molar-refractivity contribution < 1.29 is 9.47 Å². The van der Waals surface area contributed by atoms with Gasteiger partial charge in [0.15, 0.2) is 17.3 Å². The first-order valence-corrected chi connectivity index (χ1v) is 13.9. The number of ether oxygens (including phenoxy) is 2. The molecule has 5 rings (SSSR count). The summed E-state index contributed by atoms with van der Waals surface area (Å²) in [6.45, 7) is 17.8. The van der Waals surface area contributed by atoms with Crippen molar-refractivity contribution in [1.82, 2.24) is 24.0 Å². The van der Waals surface area contributed by atoms with Gasteiger partial charge in [-0.15, -0.1) is 0 Å². The summed E-state index contributed by atoms with van der Waals surface area (Å²) in [7, 11) is 0. The second-order valence-electron chi connectivity index (χ2n) is 11.3. The smallest absolute Gasteiger partial charge is 0.351 e. The van der Waals surface area contributed by atoms with E-state index in [-0.39, 0.29) is 35.8 Å². The number of nitrogens with zero attached hydrogens (tertiary/aromatic N) is 7. The maximum Gasteiger partial charge on any atom is 0.351 e. The number of aromatic nitrogens is 4. The topological polar surface area (TPSA) is 101 Å². The van der Waals surface area contributed by atoms with Crippen LogP contribution in [0.5, 0.6) is 11.5 Å². The van der Waals surface area contributed by atoms with Gasteiger partial charge in [0.05, 0.1) is 12.5 Å². The number of hydrogen-bond donors (Lipinski definition) is 0. The lowest BCUT2D eigenvalue weighted by molar-refractivity contribution is 0.0209. The highest BCUT2D eigenvalue weighted by Gasteiger charge is 2.36. The van der Waals surface area contributed by atoms with Crippen LogP contribution < -0.4 is 20.1 Å². The number of fused-ring (bicyclic) bond motifs is 2. The van der Waals surface area contributed by atoms with Crippen molar-refractivity contribution in [2.45, 2.75) is 91.7 Å². The van der Waals surface area contributed by atoms with Crippen molar-refractivity contribution in [1.29, 1.82) is 5.26 Å². The summed E-state index contributed by atoms with van der Waals surface area (Å²) in [5.41, 5.74) is 1.97. The molecule has 1 saturated heterocycles. The second kappa shape index (κ2) is 10.2. The summed E-state index contributed by atoms with van der Waals surface area (Å²) in [6.07, 6.45) is 0.184. The first-order valence-electron chi connectivity index (χ1n) is 13.9. The number of benzene rings is 1. The molecule has 3 aromatic rings. The zero-order chi connectivity index (χ0) is 28.1. The SMILES string of the molecule is CCn1c(CC#N)nc2c(N3C[C@@H](C)N(C(C)c4ccc5c(c4)OC(C)(C)CO5)C[C@@H]3C)nc(=O)n(CC)c21. The van der Waals surface area contributed by atoms with Gasteiger partial charge in [0, 0.05) is 44.3 Å². The number of aryl methyl sites for hydroxylation is 2. The van der Waals surface area contributed by atoms with Gasteiger partial charge in [0.2, 0.25) is 0 Å².